The summed E-state index contributed by atoms with van der Waals surface area (Å²) in [7, 11) is 0. The van der Waals surface area contributed by atoms with Crippen LogP contribution in [0.2, 0.25) is 0 Å². The lowest BCUT2D eigenvalue weighted by Gasteiger charge is -2.36. The molecule has 0 saturated carbocycles. The highest BCUT2D eigenvalue weighted by Crippen LogP contribution is 2.24. The molecule has 0 bridgehead atoms. The summed E-state index contributed by atoms with van der Waals surface area (Å²) in [6.45, 7) is 1.63. The van der Waals surface area contributed by atoms with Crippen molar-refractivity contribution in [3.63, 3.8) is 0 Å². The number of hydrogen-bond donors (Lipinski definition) is 1. The molecule has 0 amide bonds. The number of ether oxygens (including phenoxy) is 1. The van der Waals surface area contributed by atoms with Gasteiger partial charge < -0.3 is 9.84 Å². The van der Waals surface area contributed by atoms with Gasteiger partial charge in [0.05, 0.1) is 11.6 Å². The fourth-order valence-electron chi connectivity index (χ4n) is 3.63. The third-order valence-electron chi connectivity index (χ3n) is 5.00. The van der Waals surface area contributed by atoms with E-state index < -0.39 is 11.9 Å². The molecule has 28 heavy (non-hydrogen) atoms. The fraction of sp³-hybridized carbons (Fsp3) is 0.273. The number of piperidine rings is 1. The average molecular weight is 377 g/mol. The zero-order valence-electron chi connectivity index (χ0n) is 15.3. The number of fused-ring (bicyclic) bond motifs is 1. The molecule has 2 heterocycles. The highest BCUT2D eigenvalue weighted by molar-refractivity contribution is 5.82. The molecule has 0 unspecified atom stereocenters. The molecule has 1 aromatic heterocycles. The summed E-state index contributed by atoms with van der Waals surface area (Å²) in [5, 5.41) is 21.6. The molecule has 5 nitrogen and oxygen atoms in total. The molecule has 1 N–H and O–H groups in total. The number of rotatable bonds is 4. The second kappa shape index (κ2) is 7.93. The Kier molecular flexibility index (Phi) is 5.20. The summed E-state index contributed by atoms with van der Waals surface area (Å²) < 4.78 is 19.6. The first-order valence-electron chi connectivity index (χ1n) is 9.21. The molecule has 142 valence electrons. The van der Waals surface area contributed by atoms with Gasteiger partial charge in [-0.05, 0) is 53.8 Å². The Morgan fingerprint density at radius 3 is 2.93 bits per heavy atom. The van der Waals surface area contributed by atoms with Crippen LogP contribution in [0.4, 0.5) is 4.39 Å². The lowest BCUT2D eigenvalue weighted by molar-refractivity contribution is -0.0274. The quantitative estimate of drug-likeness (QED) is 0.756. The molecule has 1 saturated heterocycles. The summed E-state index contributed by atoms with van der Waals surface area (Å²) >= 11 is 0. The minimum atomic E-state index is -0.651. The molecule has 4 rings (SSSR count). The molecule has 6 heteroatoms. The largest absolute Gasteiger partial charge is 0.488 e. The number of nitriles is 1. The molecule has 1 aliphatic heterocycles. The topological polar surface area (TPSA) is 69.4 Å². The van der Waals surface area contributed by atoms with Gasteiger partial charge in [-0.15, -0.1) is 0 Å². The van der Waals surface area contributed by atoms with Gasteiger partial charge in [0, 0.05) is 37.4 Å². The predicted octanol–water partition coefficient (Wildman–Crippen LogP) is 3.26. The maximum absolute atomic E-state index is 13.6. The Hall–Kier alpha value is -3.01. The second-order valence-corrected chi connectivity index (χ2v) is 7.09. The van der Waals surface area contributed by atoms with E-state index in [1.807, 2.05) is 35.2 Å². The average Bonchev–Trinajstić information content (AvgIpc) is 2.69. The van der Waals surface area contributed by atoms with Crippen molar-refractivity contribution in [2.24, 2.45) is 0 Å². The number of aliphatic hydroxyl groups is 1. The second-order valence-electron chi connectivity index (χ2n) is 7.09. The summed E-state index contributed by atoms with van der Waals surface area (Å²) in [6.07, 6.45) is 3.25. The molecule has 0 spiro atoms. The van der Waals surface area contributed by atoms with Gasteiger partial charge in [0.2, 0.25) is 0 Å². The maximum Gasteiger partial charge on any atom is 0.127 e. The van der Waals surface area contributed by atoms with Crippen molar-refractivity contribution in [1.82, 2.24) is 9.88 Å². The number of likely N-dealkylation sites (tertiary alicyclic amines) is 1. The standard InChI is InChI=1S/C22H20FN3O2/c23-19-8-15(11-24)7-16(9-19)13-26-6-4-22(21(27)14-26)28-20-2-1-17-3-5-25-12-18(17)10-20/h1-3,5,7-10,12,21-22,27H,4,6,13-14H2/t21-,22-/m1/s1. The minimum absolute atomic E-state index is 0.299. The van der Waals surface area contributed by atoms with E-state index >= 15 is 0 Å². The molecule has 2 atom stereocenters. The van der Waals surface area contributed by atoms with Gasteiger partial charge in [0.25, 0.3) is 0 Å². The molecular formula is C22H20FN3O2. The first kappa shape index (κ1) is 18.4. The number of aromatic nitrogens is 1. The highest BCUT2D eigenvalue weighted by atomic mass is 19.1. The van der Waals surface area contributed by atoms with Crippen molar-refractivity contribution < 1.29 is 14.2 Å². The molecule has 0 radical (unpaired) electrons. The van der Waals surface area contributed by atoms with Gasteiger partial charge in [0.1, 0.15) is 23.8 Å². The van der Waals surface area contributed by atoms with Crippen LogP contribution in [0.5, 0.6) is 5.75 Å². The van der Waals surface area contributed by atoms with Crippen LogP contribution in [0.25, 0.3) is 10.8 Å². The van der Waals surface area contributed by atoms with Gasteiger partial charge in [-0.2, -0.15) is 5.26 Å². The lowest BCUT2D eigenvalue weighted by atomic mass is 10.0. The van der Waals surface area contributed by atoms with Crippen LogP contribution in [0.3, 0.4) is 0 Å². The Morgan fingerprint density at radius 2 is 2.11 bits per heavy atom. The van der Waals surface area contributed by atoms with Gasteiger partial charge in [-0.25, -0.2) is 4.39 Å². The number of aliphatic hydroxyl groups excluding tert-OH is 1. The third-order valence-corrected chi connectivity index (χ3v) is 5.00. The van der Waals surface area contributed by atoms with Crippen LogP contribution in [0.1, 0.15) is 17.5 Å². The fourth-order valence-corrected chi connectivity index (χ4v) is 3.63. The first-order chi connectivity index (χ1) is 13.6. The van der Waals surface area contributed by atoms with Crippen LogP contribution in [-0.4, -0.2) is 40.3 Å². The van der Waals surface area contributed by atoms with E-state index in [1.165, 1.54) is 12.1 Å². The van der Waals surface area contributed by atoms with Gasteiger partial charge in [-0.1, -0.05) is 6.07 Å². The van der Waals surface area contributed by atoms with E-state index in [0.717, 1.165) is 22.9 Å². The summed E-state index contributed by atoms with van der Waals surface area (Å²) in [5.74, 6) is 0.292. The monoisotopic (exact) mass is 377 g/mol. The van der Waals surface area contributed by atoms with Gasteiger partial charge in [-0.3, -0.25) is 9.88 Å². The minimum Gasteiger partial charge on any atom is -0.488 e. The number of β-amino-alcohol motifs (C(OH)–C–C–N with tert-alkyl or cyclic N) is 1. The smallest absolute Gasteiger partial charge is 0.127 e. The Balaban J connectivity index is 1.39. The number of nitrogens with zero attached hydrogens (tertiary/aromatic N) is 3. The Morgan fingerprint density at radius 1 is 1.21 bits per heavy atom. The van der Waals surface area contributed by atoms with Crippen LogP contribution in [0.15, 0.2) is 54.9 Å². The van der Waals surface area contributed by atoms with E-state index in [2.05, 4.69) is 4.98 Å². The van der Waals surface area contributed by atoms with E-state index in [1.54, 1.807) is 18.5 Å². The molecule has 3 aromatic rings. The van der Waals surface area contributed by atoms with Crippen molar-refractivity contribution in [2.75, 3.05) is 13.1 Å². The van der Waals surface area contributed by atoms with Gasteiger partial charge >= 0.3 is 0 Å². The number of benzene rings is 2. The van der Waals surface area contributed by atoms with Crippen molar-refractivity contribution in [1.29, 1.82) is 5.26 Å². The van der Waals surface area contributed by atoms with Crippen molar-refractivity contribution >= 4 is 10.8 Å². The third kappa shape index (κ3) is 4.11. The highest BCUT2D eigenvalue weighted by Gasteiger charge is 2.29. The molecule has 2 aromatic carbocycles. The van der Waals surface area contributed by atoms with Crippen molar-refractivity contribution in [3.05, 3.63) is 71.8 Å². The van der Waals surface area contributed by atoms with Crippen LogP contribution >= 0.6 is 0 Å². The van der Waals surface area contributed by atoms with Crippen LogP contribution in [-0.2, 0) is 6.54 Å². The summed E-state index contributed by atoms with van der Waals surface area (Å²) in [5.41, 5.74) is 1.03. The Labute approximate surface area is 162 Å². The van der Waals surface area contributed by atoms with Gasteiger partial charge in [0.15, 0.2) is 0 Å². The van der Waals surface area contributed by atoms with E-state index in [4.69, 9.17) is 10.00 Å². The SMILES string of the molecule is N#Cc1cc(F)cc(CN2CC[C@@H](Oc3ccc4ccncc4c3)[C@H](O)C2)c1. The van der Waals surface area contributed by atoms with Crippen molar-refractivity contribution in [2.45, 2.75) is 25.2 Å². The number of pyridine rings is 1. The Bertz CT molecular complexity index is 1030. The van der Waals surface area contributed by atoms with Crippen LogP contribution in [0, 0.1) is 17.1 Å². The summed E-state index contributed by atoms with van der Waals surface area (Å²) in [6, 6.07) is 14.0. The number of halogens is 1. The van der Waals surface area contributed by atoms with E-state index in [9.17, 15) is 9.50 Å². The lowest BCUT2D eigenvalue weighted by Crippen LogP contribution is -2.48. The molecule has 1 fully saturated rings. The van der Waals surface area contributed by atoms with E-state index in [-0.39, 0.29) is 6.10 Å². The molecule has 1 aliphatic rings. The molecular weight excluding hydrogens is 357 g/mol. The predicted molar refractivity (Wildman–Crippen MR) is 103 cm³/mol. The van der Waals surface area contributed by atoms with E-state index in [0.29, 0.717) is 30.8 Å². The maximum atomic E-state index is 13.6. The normalized spacial score (nSPS) is 20.0. The zero-order valence-corrected chi connectivity index (χ0v) is 15.3. The number of hydrogen-bond acceptors (Lipinski definition) is 5. The van der Waals surface area contributed by atoms with Crippen LogP contribution < -0.4 is 4.74 Å². The summed E-state index contributed by atoms with van der Waals surface area (Å²) in [4.78, 5) is 6.17. The molecule has 0 aliphatic carbocycles. The first-order valence-corrected chi connectivity index (χ1v) is 9.21. The van der Waals surface area contributed by atoms with Crippen molar-refractivity contribution in [3.8, 4) is 11.8 Å². The zero-order chi connectivity index (χ0) is 19.5.